The summed E-state index contributed by atoms with van der Waals surface area (Å²) in [5, 5.41) is 22.0. The lowest BCUT2D eigenvalue weighted by Gasteiger charge is -2.29. The van der Waals surface area contributed by atoms with E-state index in [1.54, 1.807) is 4.90 Å². The Morgan fingerprint density at radius 1 is 1.33 bits per heavy atom. The molecule has 1 aromatic carbocycles. The first-order chi connectivity index (χ1) is 10.0. The van der Waals surface area contributed by atoms with Crippen molar-refractivity contribution in [2.75, 3.05) is 13.2 Å². The van der Waals surface area contributed by atoms with Crippen LogP contribution >= 0.6 is 0 Å². The molecule has 1 fully saturated rings. The van der Waals surface area contributed by atoms with Crippen molar-refractivity contribution in [3.8, 4) is 0 Å². The predicted octanol–water partition coefficient (Wildman–Crippen LogP) is 0.0668. The third-order valence-electron chi connectivity index (χ3n) is 3.90. The van der Waals surface area contributed by atoms with Gasteiger partial charge >= 0.3 is 0 Å². The van der Waals surface area contributed by atoms with E-state index in [1.807, 2.05) is 30.3 Å². The van der Waals surface area contributed by atoms with Gasteiger partial charge < -0.3 is 15.5 Å². The molecule has 0 spiro atoms. The molecule has 1 aliphatic rings. The van der Waals surface area contributed by atoms with Crippen LogP contribution in [-0.4, -0.2) is 58.5 Å². The van der Waals surface area contributed by atoms with Gasteiger partial charge in [0, 0.05) is 20.0 Å². The Morgan fingerprint density at radius 2 is 2.00 bits per heavy atom. The van der Waals surface area contributed by atoms with Crippen molar-refractivity contribution in [3.05, 3.63) is 35.9 Å². The summed E-state index contributed by atoms with van der Waals surface area (Å²) in [5.41, 5.74) is 0.963. The van der Waals surface area contributed by atoms with E-state index < -0.39 is 24.4 Å². The lowest BCUT2D eigenvalue weighted by Crippen LogP contribution is -2.45. The molecule has 1 amide bonds. The molecule has 0 aromatic heterocycles. The van der Waals surface area contributed by atoms with Crippen LogP contribution in [0.5, 0.6) is 0 Å². The molecule has 1 saturated heterocycles. The number of carbonyl (C=O) groups is 1. The van der Waals surface area contributed by atoms with E-state index in [-0.39, 0.29) is 19.1 Å². The quantitative estimate of drug-likeness (QED) is 0.719. The number of hydrogen-bond donors (Lipinski definition) is 3. The Bertz CT molecular complexity index is 471. The molecular formula is C15H21FN2O3. The largest absolute Gasteiger partial charge is 0.395 e. The van der Waals surface area contributed by atoms with E-state index in [1.165, 1.54) is 6.92 Å². The van der Waals surface area contributed by atoms with Crippen LogP contribution in [0.15, 0.2) is 30.3 Å². The van der Waals surface area contributed by atoms with Crippen LogP contribution in [-0.2, 0) is 11.3 Å². The van der Waals surface area contributed by atoms with Gasteiger partial charge in [0.2, 0.25) is 5.91 Å². The zero-order valence-electron chi connectivity index (χ0n) is 11.9. The van der Waals surface area contributed by atoms with Gasteiger partial charge in [0.15, 0.2) is 0 Å². The van der Waals surface area contributed by atoms with Gasteiger partial charge in [-0.2, -0.15) is 0 Å². The van der Waals surface area contributed by atoms with Crippen molar-refractivity contribution in [1.82, 2.24) is 10.2 Å². The van der Waals surface area contributed by atoms with Crippen LogP contribution < -0.4 is 5.32 Å². The minimum Gasteiger partial charge on any atom is -0.395 e. The number of rotatable bonds is 5. The standard InChI is InChI=1S/C15H21FN2O3/c1-10(20)17-7-12-14(16)15(21)13(9-19)18(12)8-11-5-3-2-4-6-11/h2-6,12-15,19,21H,7-9H2,1H3,(H,17,20)/t12-,13-,14-,15-/m1/s1. The topological polar surface area (TPSA) is 72.8 Å². The summed E-state index contributed by atoms with van der Waals surface area (Å²) >= 11 is 0. The number of amides is 1. The summed E-state index contributed by atoms with van der Waals surface area (Å²) in [6, 6.07) is 8.14. The maximum atomic E-state index is 14.3. The number of hydrogen-bond acceptors (Lipinski definition) is 4. The third-order valence-corrected chi connectivity index (χ3v) is 3.90. The first-order valence-electron chi connectivity index (χ1n) is 7.01. The minimum absolute atomic E-state index is 0.108. The maximum absolute atomic E-state index is 14.3. The number of benzene rings is 1. The van der Waals surface area contributed by atoms with Crippen LogP contribution in [0.3, 0.4) is 0 Å². The molecular weight excluding hydrogens is 275 g/mol. The van der Waals surface area contributed by atoms with Crippen molar-refractivity contribution in [3.63, 3.8) is 0 Å². The molecule has 0 saturated carbocycles. The molecule has 21 heavy (non-hydrogen) atoms. The molecule has 4 atom stereocenters. The molecule has 1 aliphatic heterocycles. The second kappa shape index (κ2) is 6.98. The number of nitrogens with one attached hydrogen (secondary N) is 1. The monoisotopic (exact) mass is 296 g/mol. The van der Waals surface area contributed by atoms with Crippen molar-refractivity contribution in [2.24, 2.45) is 0 Å². The summed E-state index contributed by atoms with van der Waals surface area (Å²) < 4.78 is 14.3. The number of halogens is 1. The fourth-order valence-corrected chi connectivity index (χ4v) is 2.78. The van der Waals surface area contributed by atoms with Gasteiger partial charge in [0.25, 0.3) is 0 Å². The lowest BCUT2D eigenvalue weighted by molar-refractivity contribution is -0.119. The van der Waals surface area contributed by atoms with Crippen LogP contribution in [0, 0.1) is 0 Å². The average molecular weight is 296 g/mol. The SMILES string of the molecule is CC(=O)NC[C@@H]1[C@@H](F)[C@H](O)[C@@H](CO)N1Cc1ccccc1. The molecule has 6 heteroatoms. The number of aliphatic hydroxyl groups excluding tert-OH is 2. The Balaban J connectivity index is 2.16. The second-order valence-corrected chi connectivity index (χ2v) is 5.35. The number of likely N-dealkylation sites (tertiary alicyclic amines) is 1. The highest BCUT2D eigenvalue weighted by Crippen LogP contribution is 2.29. The molecule has 1 aromatic rings. The molecule has 5 nitrogen and oxygen atoms in total. The molecule has 2 rings (SSSR count). The van der Waals surface area contributed by atoms with Gasteiger partial charge in [-0.3, -0.25) is 9.69 Å². The van der Waals surface area contributed by atoms with Gasteiger partial charge in [-0.15, -0.1) is 0 Å². The highest BCUT2D eigenvalue weighted by molar-refractivity contribution is 5.72. The molecule has 3 N–H and O–H groups in total. The number of alkyl halides is 1. The molecule has 116 valence electrons. The number of aliphatic hydroxyl groups is 2. The predicted molar refractivity (Wildman–Crippen MR) is 76.2 cm³/mol. The summed E-state index contributed by atoms with van der Waals surface area (Å²) in [5.74, 6) is -0.246. The van der Waals surface area contributed by atoms with Crippen molar-refractivity contribution >= 4 is 5.91 Å². The van der Waals surface area contributed by atoms with Gasteiger partial charge in [-0.05, 0) is 5.56 Å². The maximum Gasteiger partial charge on any atom is 0.216 e. The molecule has 0 bridgehead atoms. The van der Waals surface area contributed by atoms with Gasteiger partial charge in [-0.1, -0.05) is 30.3 Å². The summed E-state index contributed by atoms with van der Waals surface area (Å²) in [7, 11) is 0. The summed E-state index contributed by atoms with van der Waals surface area (Å²) in [6.45, 7) is 1.55. The zero-order valence-corrected chi connectivity index (χ0v) is 11.9. The minimum atomic E-state index is -1.50. The highest BCUT2D eigenvalue weighted by Gasteiger charge is 2.48. The van der Waals surface area contributed by atoms with Crippen molar-refractivity contribution in [2.45, 2.75) is 37.8 Å². The summed E-state index contributed by atoms with van der Waals surface area (Å²) in [4.78, 5) is 12.8. The number of nitrogens with zero attached hydrogens (tertiary/aromatic N) is 1. The molecule has 0 radical (unpaired) electrons. The van der Waals surface area contributed by atoms with Crippen LogP contribution in [0.4, 0.5) is 4.39 Å². The van der Waals surface area contributed by atoms with Gasteiger partial charge in [0.05, 0.1) is 18.7 Å². The van der Waals surface area contributed by atoms with E-state index >= 15 is 0 Å². The fraction of sp³-hybridized carbons (Fsp3) is 0.533. The smallest absolute Gasteiger partial charge is 0.216 e. The second-order valence-electron chi connectivity index (χ2n) is 5.35. The first-order valence-corrected chi connectivity index (χ1v) is 7.01. The Hall–Kier alpha value is -1.50. The molecule has 1 heterocycles. The van der Waals surface area contributed by atoms with E-state index in [2.05, 4.69) is 5.32 Å². The van der Waals surface area contributed by atoms with Gasteiger partial charge in [-0.25, -0.2) is 4.39 Å². The zero-order chi connectivity index (χ0) is 15.4. The van der Waals surface area contributed by atoms with Crippen molar-refractivity contribution < 1.29 is 19.4 Å². The Kier molecular flexibility index (Phi) is 5.27. The van der Waals surface area contributed by atoms with E-state index in [4.69, 9.17) is 0 Å². The van der Waals surface area contributed by atoms with Crippen molar-refractivity contribution in [1.29, 1.82) is 0 Å². The highest BCUT2D eigenvalue weighted by atomic mass is 19.1. The summed E-state index contributed by atoms with van der Waals surface area (Å²) in [6.07, 6.45) is -2.75. The molecule has 0 unspecified atom stereocenters. The Labute approximate surface area is 123 Å². The normalized spacial score (nSPS) is 29.5. The third kappa shape index (κ3) is 3.58. The van der Waals surface area contributed by atoms with E-state index in [0.717, 1.165) is 5.56 Å². The van der Waals surface area contributed by atoms with E-state index in [9.17, 15) is 19.4 Å². The van der Waals surface area contributed by atoms with Gasteiger partial charge in [0.1, 0.15) is 12.3 Å². The molecule has 0 aliphatic carbocycles. The first kappa shape index (κ1) is 15.9. The average Bonchev–Trinajstić information content (AvgIpc) is 2.69. The fourth-order valence-electron chi connectivity index (χ4n) is 2.78. The van der Waals surface area contributed by atoms with Crippen LogP contribution in [0.1, 0.15) is 12.5 Å². The van der Waals surface area contributed by atoms with Crippen LogP contribution in [0.2, 0.25) is 0 Å². The van der Waals surface area contributed by atoms with Crippen LogP contribution in [0.25, 0.3) is 0 Å². The number of carbonyl (C=O) groups excluding carboxylic acids is 1. The lowest BCUT2D eigenvalue weighted by atomic mass is 10.1. The van der Waals surface area contributed by atoms with E-state index in [0.29, 0.717) is 6.54 Å². The Morgan fingerprint density at radius 3 is 2.57 bits per heavy atom.